The molecule has 1 aromatic heterocycles. The van der Waals surface area contributed by atoms with Crippen LogP contribution in [0.1, 0.15) is 32.1 Å². The fraction of sp³-hybridized carbons (Fsp3) is 0.556. The highest BCUT2D eigenvalue weighted by Crippen LogP contribution is 2.33. The van der Waals surface area contributed by atoms with Gasteiger partial charge < -0.3 is 14.4 Å². The molecule has 5 nitrogen and oxygen atoms in total. The van der Waals surface area contributed by atoms with E-state index in [0.29, 0.717) is 6.54 Å². The van der Waals surface area contributed by atoms with Gasteiger partial charge in [0.1, 0.15) is 18.0 Å². The summed E-state index contributed by atoms with van der Waals surface area (Å²) < 4.78 is 12.1. The zero-order valence-corrected chi connectivity index (χ0v) is 13.2. The number of ether oxygens (including phenoxy) is 2. The molecule has 3 heterocycles. The number of nitrogens with zero attached hydrogens (tertiary/aromatic N) is 2. The molecule has 122 valence electrons. The van der Waals surface area contributed by atoms with Crippen molar-refractivity contribution in [2.24, 2.45) is 0 Å². The van der Waals surface area contributed by atoms with E-state index in [1.807, 2.05) is 17.0 Å². The van der Waals surface area contributed by atoms with E-state index in [-0.39, 0.29) is 24.2 Å². The minimum atomic E-state index is -0.115. The number of rotatable bonds is 3. The second-order valence-electron chi connectivity index (χ2n) is 6.47. The summed E-state index contributed by atoms with van der Waals surface area (Å²) in [5.41, 5.74) is 0.969. The molecular weight excluding hydrogens is 292 g/mol. The van der Waals surface area contributed by atoms with Crippen LogP contribution in [0.25, 0.3) is 0 Å². The average Bonchev–Trinajstić information content (AvgIpc) is 3.24. The Labute approximate surface area is 136 Å². The van der Waals surface area contributed by atoms with Crippen LogP contribution >= 0.6 is 0 Å². The van der Waals surface area contributed by atoms with Crippen LogP contribution in [0, 0.1) is 0 Å². The number of hydrogen-bond donors (Lipinski definition) is 0. The average molecular weight is 314 g/mol. The molecule has 0 spiro atoms. The topological polar surface area (TPSA) is 51.7 Å². The molecule has 3 aliphatic rings. The SMILES string of the molecule is O=C(C1=CCCC1)N1C[C@H](Oc2cccnc2)[C@H]2OCCC[C@H]21. The van der Waals surface area contributed by atoms with Gasteiger partial charge in [0.2, 0.25) is 5.91 Å². The molecule has 1 aliphatic carbocycles. The third kappa shape index (κ3) is 2.85. The molecule has 5 heteroatoms. The third-order valence-electron chi connectivity index (χ3n) is 4.98. The lowest BCUT2D eigenvalue weighted by molar-refractivity contribution is -0.130. The first-order valence-electron chi connectivity index (χ1n) is 8.51. The number of carbonyl (C=O) groups is 1. The fourth-order valence-electron chi connectivity index (χ4n) is 3.89. The first kappa shape index (κ1) is 14.7. The molecule has 4 rings (SSSR count). The largest absolute Gasteiger partial charge is 0.484 e. The minimum absolute atomic E-state index is 0.0325. The molecule has 0 unspecified atom stereocenters. The Morgan fingerprint density at radius 2 is 2.35 bits per heavy atom. The van der Waals surface area contributed by atoms with Crippen molar-refractivity contribution in [2.45, 2.75) is 50.4 Å². The normalized spacial score (nSPS) is 30.0. The fourth-order valence-corrected chi connectivity index (χ4v) is 3.89. The van der Waals surface area contributed by atoms with E-state index in [1.54, 1.807) is 12.4 Å². The van der Waals surface area contributed by atoms with E-state index in [4.69, 9.17) is 9.47 Å². The summed E-state index contributed by atoms with van der Waals surface area (Å²) >= 11 is 0. The second-order valence-corrected chi connectivity index (χ2v) is 6.47. The molecule has 3 atom stereocenters. The van der Waals surface area contributed by atoms with E-state index >= 15 is 0 Å². The summed E-state index contributed by atoms with van der Waals surface area (Å²) in [6.07, 6.45) is 10.4. The monoisotopic (exact) mass is 314 g/mol. The van der Waals surface area contributed by atoms with Crippen molar-refractivity contribution in [1.82, 2.24) is 9.88 Å². The number of allylic oxidation sites excluding steroid dienone is 1. The quantitative estimate of drug-likeness (QED) is 0.859. The van der Waals surface area contributed by atoms with Crippen LogP contribution in [-0.4, -0.2) is 47.2 Å². The summed E-state index contributed by atoms with van der Waals surface area (Å²) in [6.45, 7) is 1.35. The molecule has 0 aromatic carbocycles. The van der Waals surface area contributed by atoms with Crippen LogP contribution in [-0.2, 0) is 9.53 Å². The van der Waals surface area contributed by atoms with Crippen LogP contribution in [0.15, 0.2) is 36.2 Å². The second kappa shape index (κ2) is 6.32. The van der Waals surface area contributed by atoms with E-state index in [0.717, 1.165) is 50.0 Å². The number of pyridine rings is 1. The molecule has 0 N–H and O–H groups in total. The Morgan fingerprint density at radius 1 is 1.39 bits per heavy atom. The zero-order chi connectivity index (χ0) is 15.6. The molecule has 0 saturated carbocycles. The van der Waals surface area contributed by atoms with Gasteiger partial charge >= 0.3 is 0 Å². The van der Waals surface area contributed by atoms with E-state index < -0.39 is 0 Å². The molecule has 2 fully saturated rings. The summed E-state index contributed by atoms with van der Waals surface area (Å²) in [6, 6.07) is 3.89. The van der Waals surface area contributed by atoms with Gasteiger partial charge in [0.25, 0.3) is 0 Å². The van der Waals surface area contributed by atoms with Crippen LogP contribution in [0.2, 0.25) is 0 Å². The molecule has 1 amide bonds. The highest BCUT2D eigenvalue weighted by Gasteiger charge is 2.47. The van der Waals surface area contributed by atoms with Crippen molar-refractivity contribution < 1.29 is 14.3 Å². The minimum Gasteiger partial charge on any atom is -0.484 e. The zero-order valence-electron chi connectivity index (χ0n) is 13.2. The number of amides is 1. The van der Waals surface area contributed by atoms with Crippen LogP contribution in [0.4, 0.5) is 0 Å². The molecule has 0 bridgehead atoms. The van der Waals surface area contributed by atoms with Gasteiger partial charge in [-0.2, -0.15) is 0 Å². The Morgan fingerprint density at radius 3 is 3.13 bits per heavy atom. The van der Waals surface area contributed by atoms with Gasteiger partial charge in [0.15, 0.2) is 0 Å². The summed E-state index contributed by atoms with van der Waals surface area (Å²) in [5.74, 6) is 0.917. The Balaban J connectivity index is 1.53. The number of aromatic nitrogens is 1. The lowest BCUT2D eigenvalue weighted by Gasteiger charge is -2.32. The van der Waals surface area contributed by atoms with Crippen molar-refractivity contribution in [1.29, 1.82) is 0 Å². The van der Waals surface area contributed by atoms with E-state index in [2.05, 4.69) is 11.1 Å². The number of carbonyl (C=O) groups excluding carboxylic acids is 1. The Bertz CT molecular complexity index is 602. The van der Waals surface area contributed by atoms with Crippen LogP contribution < -0.4 is 4.74 Å². The van der Waals surface area contributed by atoms with Gasteiger partial charge in [-0.1, -0.05) is 6.08 Å². The molecule has 2 saturated heterocycles. The number of likely N-dealkylation sites (tertiary alicyclic amines) is 1. The van der Waals surface area contributed by atoms with Gasteiger partial charge in [0, 0.05) is 18.4 Å². The number of hydrogen-bond acceptors (Lipinski definition) is 4. The van der Waals surface area contributed by atoms with Gasteiger partial charge in [-0.15, -0.1) is 0 Å². The number of fused-ring (bicyclic) bond motifs is 1. The molecule has 1 aromatic rings. The third-order valence-corrected chi connectivity index (χ3v) is 4.98. The van der Waals surface area contributed by atoms with Gasteiger partial charge in [-0.05, 0) is 44.2 Å². The van der Waals surface area contributed by atoms with Crippen molar-refractivity contribution in [3.05, 3.63) is 36.2 Å². The lowest BCUT2D eigenvalue weighted by Crippen LogP contribution is -2.44. The lowest BCUT2D eigenvalue weighted by atomic mass is 10.0. The first-order chi connectivity index (χ1) is 11.3. The van der Waals surface area contributed by atoms with E-state index in [9.17, 15) is 4.79 Å². The van der Waals surface area contributed by atoms with Gasteiger partial charge in [-0.25, -0.2) is 0 Å². The highest BCUT2D eigenvalue weighted by molar-refractivity contribution is 5.94. The van der Waals surface area contributed by atoms with Gasteiger partial charge in [0.05, 0.1) is 18.8 Å². The van der Waals surface area contributed by atoms with E-state index in [1.165, 1.54) is 0 Å². The summed E-state index contributed by atoms with van der Waals surface area (Å²) in [4.78, 5) is 18.9. The van der Waals surface area contributed by atoms with Gasteiger partial charge in [-0.3, -0.25) is 9.78 Å². The standard InChI is InChI=1S/C18H22N2O3/c21-18(13-5-1-2-6-13)20-12-16(17-15(20)8-4-10-22-17)23-14-7-3-9-19-11-14/h3,5,7,9,11,15-17H,1-2,4,6,8,10,12H2/t15-,16+,17+/m1/s1. The smallest absolute Gasteiger partial charge is 0.249 e. The van der Waals surface area contributed by atoms with Crippen LogP contribution in [0.5, 0.6) is 5.75 Å². The molecule has 23 heavy (non-hydrogen) atoms. The molecular formula is C18H22N2O3. The Kier molecular flexibility index (Phi) is 4.04. The molecule has 0 radical (unpaired) electrons. The van der Waals surface area contributed by atoms with Crippen molar-refractivity contribution in [3.8, 4) is 5.75 Å². The van der Waals surface area contributed by atoms with Crippen LogP contribution in [0.3, 0.4) is 0 Å². The first-order valence-corrected chi connectivity index (χ1v) is 8.51. The highest BCUT2D eigenvalue weighted by atomic mass is 16.5. The van der Waals surface area contributed by atoms with Crippen molar-refractivity contribution >= 4 is 5.91 Å². The summed E-state index contributed by atoms with van der Waals surface area (Å²) in [7, 11) is 0. The Hall–Kier alpha value is -1.88. The predicted octanol–water partition coefficient (Wildman–Crippen LogP) is 2.33. The molecule has 2 aliphatic heterocycles. The van der Waals surface area contributed by atoms with Crippen molar-refractivity contribution in [3.63, 3.8) is 0 Å². The van der Waals surface area contributed by atoms with Crippen molar-refractivity contribution in [2.75, 3.05) is 13.2 Å². The summed E-state index contributed by atoms with van der Waals surface area (Å²) in [5, 5.41) is 0. The maximum absolute atomic E-state index is 12.8. The maximum atomic E-state index is 12.8. The maximum Gasteiger partial charge on any atom is 0.249 e. The predicted molar refractivity (Wildman–Crippen MR) is 85.1 cm³/mol.